The average molecular weight is 332 g/mol. The van der Waals surface area contributed by atoms with Gasteiger partial charge in [0.1, 0.15) is 5.69 Å². The maximum Gasteiger partial charge on any atom is 0.270 e. The van der Waals surface area contributed by atoms with E-state index in [0.717, 1.165) is 22.4 Å². The van der Waals surface area contributed by atoms with Crippen LogP contribution in [0.25, 0.3) is 11.1 Å². The first-order chi connectivity index (χ1) is 12.3. The summed E-state index contributed by atoms with van der Waals surface area (Å²) in [6.07, 6.45) is 1.71. The summed E-state index contributed by atoms with van der Waals surface area (Å²) in [5.74, 6) is 1.22. The van der Waals surface area contributed by atoms with Gasteiger partial charge >= 0.3 is 0 Å². The average Bonchev–Trinajstić information content (AvgIpc) is 3.15. The summed E-state index contributed by atoms with van der Waals surface area (Å²) in [4.78, 5) is 16.5. The Labute approximate surface area is 145 Å². The minimum Gasteiger partial charge on any atom is -0.454 e. The SMILES string of the molecule is O=C(NCc1ccc2c(c1)OCO2)c1ccc(-c2ccccc2)cn1. The molecule has 2 aromatic carbocycles. The Morgan fingerprint density at radius 3 is 2.60 bits per heavy atom. The van der Waals surface area contributed by atoms with Crippen LogP contribution in [0.1, 0.15) is 16.1 Å². The van der Waals surface area contributed by atoms with Crippen molar-refractivity contribution in [3.63, 3.8) is 0 Å². The molecular weight excluding hydrogens is 316 g/mol. The third-order valence-corrected chi connectivity index (χ3v) is 3.99. The van der Waals surface area contributed by atoms with Crippen molar-refractivity contribution in [2.45, 2.75) is 6.54 Å². The van der Waals surface area contributed by atoms with Crippen LogP contribution in [0.2, 0.25) is 0 Å². The summed E-state index contributed by atoms with van der Waals surface area (Å²) in [5, 5.41) is 2.87. The second-order valence-corrected chi connectivity index (χ2v) is 5.67. The molecule has 0 bridgehead atoms. The lowest BCUT2D eigenvalue weighted by Crippen LogP contribution is -2.23. The molecule has 124 valence electrons. The molecule has 1 aromatic heterocycles. The van der Waals surface area contributed by atoms with Crippen molar-refractivity contribution in [1.29, 1.82) is 0 Å². The standard InChI is InChI=1S/C20H16N2O3/c23-20(22-11-14-6-9-18-19(10-14)25-13-24-18)17-8-7-16(12-21-17)15-4-2-1-3-5-15/h1-10,12H,11,13H2,(H,22,23). The number of hydrogen-bond donors (Lipinski definition) is 1. The van der Waals surface area contributed by atoms with Gasteiger partial charge < -0.3 is 14.8 Å². The Hall–Kier alpha value is -3.34. The minimum absolute atomic E-state index is 0.211. The Bertz CT molecular complexity index is 893. The first-order valence-corrected chi connectivity index (χ1v) is 7.98. The highest BCUT2D eigenvalue weighted by molar-refractivity contribution is 5.92. The van der Waals surface area contributed by atoms with E-state index < -0.39 is 0 Å². The molecule has 1 N–H and O–H groups in total. The quantitative estimate of drug-likeness (QED) is 0.795. The number of rotatable bonds is 4. The molecule has 0 aliphatic carbocycles. The first kappa shape index (κ1) is 15.2. The van der Waals surface area contributed by atoms with Gasteiger partial charge in [0.25, 0.3) is 5.91 Å². The van der Waals surface area contributed by atoms with E-state index in [9.17, 15) is 4.79 Å². The monoisotopic (exact) mass is 332 g/mol. The molecule has 0 fully saturated rings. The highest BCUT2D eigenvalue weighted by Gasteiger charge is 2.14. The van der Waals surface area contributed by atoms with E-state index in [2.05, 4.69) is 10.3 Å². The normalized spacial score (nSPS) is 12.0. The number of benzene rings is 2. The van der Waals surface area contributed by atoms with Gasteiger partial charge in [0, 0.05) is 18.3 Å². The van der Waals surface area contributed by atoms with Crippen LogP contribution in [0.5, 0.6) is 11.5 Å². The summed E-state index contributed by atoms with van der Waals surface area (Å²) in [7, 11) is 0. The molecule has 1 aliphatic heterocycles. The third-order valence-electron chi connectivity index (χ3n) is 3.99. The zero-order valence-corrected chi connectivity index (χ0v) is 13.4. The van der Waals surface area contributed by atoms with Crippen LogP contribution in [0.3, 0.4) is 0 Å². The molecule has 0 saturated carbocycles. The summed E-state index contributed by atoms with van der Waals surface area (Å²) in [5.41, 5.74) is 3.38. The molecular formula is C20H16N2O3. The molecule has 25 heavy (non-hydrogen) atoms. The predicted molar refractivity (Wildman–Crippen MR) is 93.4 cm³/mol. The van der Waals surface area contributed by atoms with Crippen molar-refractivity contribution < 1.29 is 14.3 Å². The highest BCUT2D eigenvalue weighted by Crippen LogP contribution is 2.32. The second kappa shape index (κ2) is 6.65. The van der Waals surface area contributed by atoms with Gasteiger partial charge in [-0.1, -0.05) is 42.5 Å². The Balaban J connectivity index is 1.41. The number of carbonyl (C=O) groups is 1. The van der Waals surface area contributed by atoms with Crippen molar-refractivity contribution in [2.24, 2.45) is 0 Å². The number of aromatic nitrogens is 1. The fourth-order valence-electron chi connectivity index (χ4n) is 2.65. The Morgan fingerprint density at radius 1 is 0.960 bits per heavy atom. The number of fused-ring (bicyclic) bond motifs is 1. The molecule has 0 saturated heterocycles. The number of carbonyl (C=O) groups excluding carboxylic acids is 1. The summed E-state index contributed by atoms with van der Waals surface area (Å²) in [6, 6.07) is 19.2. The maximum absolute atomic E-state index is 12.3. The topological polar surface area (TPSA) is 60.5 Å². The predicted octanol–water partition coefficient (Wildman–Crippen LogP) is 3.41. The minimum atomic E-state index is -0.211. The fraction of sp³-hybridized carbons (Fsp3) is 0.100. The Kier molecular flexibility index (Phi) is 4.04. The van der Waals surface area contributed by atoms with Crippen LogP contribution >= 0.6 is 0 Å². The third kappa shape index (κ3) is 3.30. The lowest BCUT2D eigenvalue weighted by atomic mass is 10.1. The van der Waals surface area contributed by atoms with E-state index in [-0.39, 0.29) is 12.7 Å². The van der Waals surface area contributed by atoms with E-state index in [1.165, 1.54) is 0 Å². The van der Waals surface area contributed by atoms with Gasteiger partial charge in [-0.05, 0) is 29.3 Å². The zero-order valence-electron chi connectivity index (χ0n) is 13.4. The molecule has 3 aromatic rings. The van der Waals surface area contributed by atoms with Crippen molar-refractivity contribution in [1.82, 2.24) is 10.3 Å². The summed E-state index contributed by atoms with van der Waals surface area (Å²) >= 11 is 0. The van der Waals surface area contributed by atoms with Gasteiger partial charge in [-0.25, -0.2) is 0 Å². The lowest BCUT2D eigenvalue weighted by Gasteiger charge is -2.07. The Morgan fingerprint density at radius 2 is 1.80 bits per heavy atom. The first-order valence-electron chi connectivity index (χ1n) is 7.98. The van der Waals surface area contributed by atoms with Gasteiger partial charge in [-0.3, -0.25) is 9.78 Å². The number of hydrogen-bond acceptors (Lipinski definition) is 4. The van der Waals surface area contributed by atoms with E-state index in [1.807, 2.05) is 54.6 Å². The van der Waals surface area contributed by atoms with E-state index in [4.69, 9.17) is 9.47 Å². The van der Waals surface area contributed by atoms with Gasteiger partial charge in [0.05, 0.1) is 0 Å². The number of nitrogens with one attached hydrogen (secondary N) is 1. The molecule has 4 rings (SSSR count). The highest BCUT2D eigenvalue weighted by atomic mass is 16.7. The second-order valence-electron chi connectivity index (χ2n) is 5.67. The molecule has 5 heteroatoms. The van der Waals surface area contributed by atoms with Crippen molar-refractivity contribution in [2.75, 3.05) is 6.79 Å². The van der Waals surface area contributed by atoms with Gasteiger partial charge in [0.15, 0.2) is 11.5 Å². The van der Waals surface area contributed by atoms with Crippen LogP contribution in [0.4, 0.5) is 0 Å². The number of pyridine rings is 1. The van der Waals surface area contributed by atoms with Gasteiger partial charge in [-0.15, -0.1) is 0 Å². The molecule has 1 aliphatic rings. The summed E-state index contributed by atoms with van der Waals surface area (Å²) in [6.45, 7) is 0.639. The van der Waals surface area contributed by atoms with Crippen LogP contribution in [0.15, 0.2) is 66.9 Å². The van der Waals surface area contributed by atoms with Crippen molar-refractivity contribution in [3.8, 4) is 22.6 Å². The number of ether oxygens (including phenoxy) is 2. The van der Waals surface area contributed by atoms with Crippen LogP contribution in [0, 0.1) is 0 Å². The summed E-state index contributed by atoms with van der Waals surface area (Å²) < 4.78 is 10.6. The van der Waals surface area contributed by atoms with E-state index in [0.29, 0.717) is 18.0 Å². The van der Waals surface area contributed by atoms with Crippen LogP contribution in [-0.4, -0.2) is 17.7 Å². The van der Waals surface area contributed by atoms with Crippen molar-refractivity contribution >= 4 is 5.91 Å². The maximum atomic E-state index is 12.3. The number of amides is 1. The smallest absolute Gasteiger partial charge is 0.270 e. The molecule has 0 atom stereocenters. The van der Waals surface area contributed by atoms with Gasteiger partial charge in [0.2, 0.25) is 6.79 Å². The molecule has 0 spiro atoms. The van der Waals surface area contributed by atoms with Crippen LogP contribution < -0.4 is 14.8 Å². The van der Waals surface area contributed by atoms with Crippen LogP contribution in [-0.2, 0) is 6.54 Å². The van der Waals surface area contributed by atoms with Crippen molar-refractivity contribution in [3.05, 3.63) is 78.1 Å². The molecule has 0 unspecified atom stereocenters. The van der Waals surface area contributed by atoms with E-state index in [1.54, 1.807) is 12.3 Å². The zero-order chi connectivity index (χ0) is 17.1. The molecule has 2 heterocycles. The largest absolute Gasteiger partial charge is 0.454 e. The fourth-order valence-corrected chi connectivity index (χ4v) is 2.65. The number of nitrogens with zero attached hydrogens (tertiary/aromatic N) is 1. The molecule has 5 nitrogen and oxygen atoms in total. The lowest BCUT2D eigenvalue weighted by molar-refractivity contribution is 0.0946. The van der Waals surface area contributed by atoms with E-state index >= 15 is 0 Å². The molecule has 0 radical (unpaired) electrons. The molecule has 1 amide bonds. The van der Waals surface area contributed by atoms with Gasteiger partial charge in [-0.2, -0.15) is 0 Å².